The maximum absolute atomic E-state index is 5.58. The van der Waals surface area contributed by atoms with E-state index in [1.54, 1.807) is 0 Å². The molecule has 1 nitrogen and oxygen atoms in total. The Morgan fingerprint density at radius 1 is 1.20 bits per heavy atom. The van der Waals surface area contributed by atoms with Gasteiger partial charge in [0.25, 0.3) is 0 Å². The molecule has 0 spiro atoms. The molecule has 0 aliphatic heterocycles. The van der Waals surface area contributed by atoms with Crippen molar-refractivity contribution in [1.29, 1.82) is 0 Å². The Kier molecular flexibility index (Phi) is 3.43. The molecule has 0 aromatic heterocycles. The fraction of sp³-hybridized carbons (Fsp3) is 1.00. The van der Waals surface area contributed by atoms with E-state index >= 15 is 0 Å². The minimum atomic E-state index is 0.277. The van der Waals surface area contributed by atoms with Crippen LogP contribution in [0.1, 0.15) is 32.1 Å². The predicted octanol–water partition coefficient (Wildman–Crippen LogP) is -0.988. The van der Waals surface area contributed by atoms with Crippen LogP contribution in [0.15, 0.2) is 0 Å². The molecule has 62 valence electrons. The summed E-state index contributed by atoms with van der Waals surface area (Å²) in [5.74, 6) is 0. The van der Waals surface area contributed by atoms with Crippen LogP contribution in [0, 0.1) is 0 Å². The van der Waals surface area contributed by atoms with Gasteiger partial charge in [0.15, 0.2) is 0 Å². The standard InChI is InChI=1S/C8H16IO/c1-9-8(10-2)6-4-3-5-7-8/h3-7H2,1-2H3/q-1. The topological polar surface area (TPSA) is 9.23 Å². The third-order valence-corrected chi connectivity index (χ3v) is 5.80. The van der Waals surface area contributed by atoms with Crippen LogP contribution in [0.25, 0.3) is 0 Å². The number of ether oxygens (including phenoxy) is 1. The Morgan fingerprint density at radius 3 is 2.10 bits per heavy atom. The van der Waals surface area contributed by atoms with Crippen molar-refractivity contribution < 1.29 is 25.9 Å². The maximum atomic E-state index is 5.58. The molecule has 0 aromatic rings. The fourth-order valence-corrected chi connectivity index (χ4v) is 3.83. The van der Waals surface area contributed by atoms with Crippen molar-refractivity contribution in [1.82, 2.24) is 0 Å². The zero-order valence-corrected chi connectivity index (χ0v) is 8.98. The number of hydrogen-bond acceptors (Lipinski definition) is 1. The van der Waals surface area contributed by atoms with E-state index in [2.05, 4.69) is 4.93 Å². The van der Waals surface area contributed by atoms with E-state index in [0.29, 0.717) is 3.61 Å². The molecular weight excluding hydrogens is 239 g/mol. The van der Waals surface area contributed by atoms with Gasteiger partial charge in [-0.3, -0.25) is 0 Å². The van der Waals surface area contributed by atoms with Crippen LogP contribution < -0.4 is 21.2 Å². The van der Waals surface area contributed by atoms with Crippen LogP contribution >= 0.6 is 0 Å². The van der Waals surface area contributed by atoms with Crippen molar-refractivity contribution >= 4 is 0 Å². The average Bonchev–Trinajstić information content (AvgIpc) is 2.06. The van der Waals surface area contributed by atoms with Crippen LogP contribution in [0.2, 0.25) is 0 Å². The van der Waals surface area contributed by atoms with Crippen LogP contribution in [-0.2, 0) is 4.74 Å². The molecule has 0 N–H and O–H groups in total. The summed E-state index contributed by atoms with van der Waals surface area (Å²) in [6.45, 7) is 0. The Morgan fingerprint density at radius 2 is 1.80 bits per heavy atom. The van der Waals surface area contributed by atoms with Gasteiger partial charge in [0.2, 0.25) is 0 Å². The molecule has 1 saturated carbocycles. The van der Waals surface area contributed by atoms with Crippen molar-refractivity contribution in [2.24, 2.45) is 0 Å². The van der Waals surface area contributed by atoms with Crippen molar-refractivity contribution in [3.8, 4) is 0 Å². The number of rotatable bonds is 2. The second-order valence-corrected chi connectivity index (χ2v) is 5.88. The molecule has 0 amide bonds. The molecule has 2 heteroatoms. The first kappa shape index (κ1) is 8.78. The second kappa shape index (κ2) is 3.90. The Labute approximate surface area is 73.8 Å². The Hall–Kier alpha value is 0.690. The van der Waals surface area contributed by atoms with Gasteiger partial charge in [-0.25, -0.2) is 0 Å². The first-order valence-electron chi connectivity index (χ1n) is 3.89. The van der Waals surface area contributed by atoms with Gasteiger partial charge in [0, 0.05) is 0 Å². The summed E-state index contributed by atoms with van der Waals surface area (Å²) in [4.78, 5) is 2.34. The van der Waals surface area contributed by atoms with E-state index < -0.39 is 0 Å². The molecule has 0 aromatic carbocycles. The van der Waals surface area contributed by atoms with E-state index in [1.165, 1.54) is 32.1 Å². The molecule has 1 rings (SSSR count). The first-order chi connectivity index (χ1) is 4.83. The molecule has 0 unspecified atom stereocenters. The molecule has 10 heavy (non-hydrogen) atoms. The van der Waals surface area contributed by atoms with E-state index in [1.807, 2.05) is 7.11 Å². The van der Waals surface area contributed by atoms with Gasteiger partial charge in [-0.2, -0.15) is 0 Å². The van der Waals surface area contributed by atoms with Gasteiger partial charge < -0.3 is 0 Å². The molecule has 0 bridgehead atoms. The summed E-state index contributed by atoms with van der Waals surface area (Å²) < 4.78 is 5.95. The summed E-state index contributed by atoms with van der Waals surface area (Å²) in [6.07, 6.45) is 6.86. The summed E-state index contributed by atoms with van der Waals surface area (Å²) in [5, 5.41) is 0. The van der Waals surface area contributed by atoms with E-state index in [0.717, 1.165) is 0 Å². The van der Waals surface area contributed by atoms with Gasteiger partial charge >= 0.3 is 73.7 Å². The van der Waals surface area contributed by atoms with Gasteiger partial charge in [-0.15, -0.1) is 0 Å². The van der Waals surface area contributed by atoms with Crippen molar-refractivity contribution in [3.63, 3.8) is 0 Å². The Balaban J connectivity index is 2.44. The van der Waals surface area contributed by atoms with Crippen molar-refractivity contribution in [2.75, 3.05) is 12.0 Å². The summed E-state index contributed by atoms with van der Waals surface area (Å²) >= 11 is 0.277. The van der Waals surface area contributed by atoms with Gasteiger partial charge in [-0.05, 0) is 0 Å². The van der Waals surface area contributed by atoms with Crippen LogP contribution in [0.5, 0.6) is 0 Å². The molecule has 1 aliphatic rings. The third kappa shape index (κ3) is 1.84. The number of halogens is 1. The SMILES string of the molecule is COC1([I-]C)CCCCC1. The monoisotopic (exact) mass is 255 g/mol. The number of hydrogen-bond donors (Lipinski definition) is 0. The molecule has 0 radical (unpaired) electrons. The quantitative estimate of drug-likeness (QED) is 0.455. The number of alkyl halides is 2. The van der Waals surface area contributed by atoms with Gasteiger partial charge in [0.1, 0.15) is 0 Å². The number of methoxy groups -OCH3 is 1. The van der Waals surface area contributed by atoms with E-state index in [-0.39, 0.29) is 21.2 Å². The molecule has 1 aliphatic carbocycles. The predicted molar refractivity (Wildman–Crippen MR) is 38.7 cm³/mol. The van der Waals surface area contributed by atoms with E-state index in [4.69, 9.17) is 4.74 Å². The molecule has 0 saturated heterocycles. The first-order valence-corrected chi connectivity index (χ1v) is 7.12. The minimum absolute atomic E-state index is 0.277. The Bertz CT molecular complexity index is 91.4. The second-order valence-electron chi connectivity index (χ2n) is 2.84. The van der Waals surface area contributed by atoms with Crippen molar-refractivity contribution in [3.05, 3.63) is 0 Å². The summed E-state index contributed by atoms with van der Waals surface area (Å²) in [7, 11) is 1.88. The third-order valence-electron chi connectivity index (χ3n) is 2.31. The normalized spacial score (nSPS) is 25.0. The summed E-state index contributed by atoms with van der Waals surface area (Å²) in [5.41, 5.74) is 0. The fourth-order valence-electron chi connectivity index (χ4n) is 1.55. The van der Waals surface area contributed by atoms with Crippen molar-refractivity contribution in [2.45, 2.75) is 35.7 Å². The van der Waals surface area contributed by atoms with Crippen LogP contribution in [0.4, 0.5) is 0 Å². The van der Waals surface area contributed by atoms with Crippen LogP contribution in [-0.4, -0.2) is 15.6 Å². The molecule has 0 heterocycles. The summed E-state index contributed by atoms with van der Waals surface area (Å²) in [6, 6.07) is 0. The molecule has 0 atom stereocenters. The van der Waals surface area contributed by atoms with Gasteiger partial charge in [0.05, 0.1) is 0 Å². The van der Waals surface area contributed by atoms with Gasteiger partial charge in [-0.1, -0.05) is 0 Å². The molecule has 1 fully saturated rings. The van der Waals surface area contributed by atoms with Crippen LogP contribution in [0.3, 0.4) is 0 Å². The van der Waals surface area contributed by atoms with E-state index in [9.17, 15) is 0 Å². The molecular formula is C8H16IO-. The average molecular weight is 255 g/mol. The zero-order chi connectivity index (χ0) is 7.45. The zero-order valence-electron chi connectivity index (χ0n) is 6.82.